The standard InChI is InChI=1S/C26H23N3O/c30-26-28(16-18-9-3-1-4-10-18)17-20-15-22-21-13-7-8-14-23(21)27-24(22)25(29(20)26)19-11-5-2-6-12-19/h1-14,20,25,27H,15-17H2. The molecule has 1 fully saturated rings. The van der Waals surface area contributed by atoms with Crippen molar-refractivity contribution in [2.45, 2.75) is 25.0 Å². The number of para-hydroxylation sites is 1. The number of amides is 2. The first kappa shape index (κ1) is 17.3. The molecule has 0 aliphatic carbocycles. The van der Waals surface area contributed by atoms with Crippen LogP contribution in [0.4, 0.5) is 4.79 Å². The number of aromatic amines is 1. The molecule has 30 heavy (non-hydrogen) atoms. The summed E-state index contributed by atoms with van der Waals surface area (Å²) < 4.78 is 0. The number of carbonyl (C=O) groups excluding carboxylic acids is 1. The number of H-pyrrole nitrogens is 1. The molecule has 3 heterocycles. The van der Waals surface area contributed by atoms with E-state index in [2.05, 4.69) is 70.5 Å². The van der Waals surface area contributed by atoms with E-state index in [0.29, 0.717) is 6.54 Å². The molecule has 2 unspecified atom stereocenters. The molecule has 2 amide bonds. The average molecular weight is 393 g/mol. The second kappa shape index (κ2) is 6.77. The number of aromatic nitrogens is 1. The van der Waals surface area contributed by atoms with E-state index < -0.39 is 0 Å². The van der Waals surface area contributed by atoms with E-state index in [0.717, 1.165) is 29.7 Å². The largest absolute Gasteiger partial charge is 0.356 e. The molecule has 1 aromatic heterocycles. The minimum Gasteiger partial charge on any atom is -0.356 e. The van der Waals surface area contributed by atoms with Crippen molar-refractivity contribution in [3.63, 3.8) is 0 Å². The zero-order valence-corrected chi connectivity index (χ0v) is 16.7. The zero-order valence-electron chi connectivity index (χ0n) is 16.7. The van der Waals surface area contributed by atoms with Crippen molar-refractivity contribution in [2.24, 2.45) is 0 Å². The number of rotatable bonds is 3. The smallest absolute Gasteiger partial charge is 0.321 e. The van der Waals surface area contributed by atoms with Crippen LogP contribution in [0.3, 0.4) is 0 Å². The van der Waals surface area contributed by atoms with Gasteiger partial charge in [-0.05, 0) is 29.2 Å². The molecule has 4 heteroatoms. The maximum Gasteiger partial charge on any atom is 0.321 e. The summed E-state index contributed by atoms with van der Waals surface area (Å²) in [5.41, 5.74) is 6.00. The van der Waals surface area contributed by atoms with Gasteiger partial charge in [-0.15, -0.1) is 0 Å². The molecule has 0 spiro atoms. The van der Waals surface area contributed by atoms with Crippen molar-refractivity contribution in [1.82, 2.24) is 14.8 Å². The third kappa shape index (κ3) is 2.64. The lowest BCUT2D eigenvalue weighted by Crippen LogP contribution is -2.43. The Labute approximate surface area is 175 Å². The lowest BCUT2D eigenvalue weighted by atomic mass is 9.89. The third-order valence-electron chi connectivity index (χ3n) is 6.49. The number of nitrogens with one attached hydrogen (secondary N) is 1. The second-order valence-corrected chi connectivity index (χ2v) is 8.29. The molecule has 3 aromatic carbocycles. The molecule has 1 N–H and O–H groups in total. The molecule has 0 saturated carbocycles. The normalized spacial score (nSPS) is 20.5. The number of carbonyl (C=O) groups is 1. The van der Waals surface area contributed by atoms with Gasteiger partial charge in [0.2, 0.25) is 0 Å². The molecule has 6 rings (SSSR count). The molecule has 1 saturated heterocycles. The van der Waals surface area contributed by atoms with Crippen LogP contribution < -0.4 is 0 Å². The van der Waals surface area contributed by atoms with Gasteiger partial charge in [0.15, 0.2) is 0 Å². The summed E-state index contributed by atoms with van der Waals surface area (Å²) in [4.78, 5) is 21.4. The molecular weight excluding hydrogens is 370 g/mol. The number of benzene rings is 3. The lowest BCUT2D eigenvalue weighted by molar-refractivity contribution is 0.167. The van der Waals surface area contributed by atoms with Crippen LogP contribution in [-0.2, 0) is 13.0 Å². The second-order valence-electron chi connectivity index (χ2n) is 8.29. The number of fused-ring (bicyclic) bond motifs is 4. The maximum absolute atomic E-state index is 13.6. The predicted octanol–water partition coefficient (Wildman–Crippen LogP) is 5.12. The molecule has 4 aromatic rings. The van der Waals surface area contributed by atoms with Gasteiger partial charge in [-0.1, -0.05) is 78.9 Å². The van der Waals surface area contributed by atoms with Crippen molar-refractivity contribution in [2.75, 3.05) is 6.54 Å². The van der Waals surface area contributed by atoms with Crippen molar-refractivity contribution in [3.8, 4) is 0 Å². The van der Waals surface area contributed by atoms with Crippen molar-refractivity contribution >= 4 is 16.9 Å². The van der Waals surface area contributed by atoms with Crippen LogP contribution in [0.2, 0.25) is 0 Å². The fourth-order valence-electron chi connectivity index (χ4n) is 5.17. The van der Waals surface area contributed by atoms with E-state index in [4.69, 9.17) is 0 Å². The highest BCUT2D eigenvalue weighted by Crippen LogP contribution is 2.43. The Morgan fingerprint density at radius 2 is 1.57 bits per heavy atom. The van der Waals surface area contributed by atoms with E-state index in [9.17, 15) is 4.79 Å². The van der Waals surface area contributed by atoms with Gasteiger partial charge in [0.1, 0.15) is 0 Å². The summed E-state index contributed by atoms with van der Waals surface area (Å²) in [5.74, 6) is 0. The molecule has 2 aliphatic heterocycles. The summed E-state index contributed by atoms with van der Waals surface area (Å²) >= 11 is 0. The topological polar surface area (TPSA) is 39.3 Å². The van der Waals surface area contributed by atoms with Gasteiger partial charge in [0, 0.05) is 29.7 Å². The van der Waals surface area contributed by atoms with Crippen molar-refractivity contribution < 1.29 is 4.79 Å². The SMILES string of the molecule is O=C1N(Cc2ccccc2)CC2Cc3c([nH]c4ccccc34)C(c3ccccc3)N12. The van der Waals surface area contributed by atoms with E-state index in [1.807, 2.05) is 29.2 Å². The first-order valence-electron chi connectivity index (χ1n) is 10.5. The fourth-order valence-corrected chi connectivity index (χ4v) is 5.17. The van der Waals surface area contributed by atoms with Gasteiger partial charge in [-0.2, -0.15) is 0 Å². The predicted molar refractivity (Wildman–Crippen MR) is 118 cm³/mol. The average Bonchev–Trinajstić information content (AvgIpc) is 3.31. The minimum atomic E-state index is -0.0828. The Morgan fingerprint density at radius 3 is 2.37 bits per heavy atom. The Kier molecular flexibility index (Phi) is 3.91. The van der Waals surface area contributed by atoms with Gasteiger partial charge >= 0.3 is 6.03 Å². The van der Waals surface area contributed by atoms with Crippen LogP contribution in [0.15, 0.2) is 84.9 Å². The van der Waals surface area contributed by atoms with Crippen molar-refractivity contribution in [1.29, 1.82) is 0 Å². The summed E-state index contributed by atoms with van der Waals surface area (Å²) in [6.07, 6.45) is 0.889. The number of nitrogens with zero attached hydrogens (tertiary/aromatic N) is 2. The quantitative estimate of drug-likeness (QED) is 0.516. The highest BCUT2D eigenvalue weighted by atomic mass is 16.2. The summed E-state index contributed by atoms with van der Waals surface area (Å²) in [6, 6.07) is 29.4. The Bertz CT molecular complexity index is 1220. The first-order valence-corrected chi connectivity index (χ1v) is 10.5. The number of hydrogen-bond donors (Lipinski definition) is 1. The fraction of sp³-hybridized carbons (Fsp3) is 0.192. The molecule has 0 bridgehead atoms. The monoisotopic (exact) mass is 393 g/mol. The molecule has 2 aliphatic rings. The highest BCUT2D eigenvalue weighted by molar-refractivity contribution is 5.87. The Hall–Kier alpha value is -3.53. The van der Waals surface area contributed by atoms with Crippen LogP contribution in [0.1, 0.15) is 28.4 Å². The molecular formula is C26H23N3O. The van der Waals surface area contributed by atoms with Gasteiger partial charge in [-0.3, -0.25) is 0 Å². The molecule has 4 nitrogen and oxygen atoms in total. The molecule has 148 valence electrons. The zero-order chi connectivity index (χ0) is 20.1. The van der Waals surface area contributed by atoms with Gasteiger partial charge in [0.25, 0.3) is 0 Å². The van der Waals surface area contributed by atoms with Crippen LogP contribution >= 0.6 is 0 Å². The van der Waals surface area contributed by atoms with Gasteiger partial charge in [-0.25, -0.2) is 4.79 Å². The van der Waals surface area contributed by atoms with E-state index in [1.54, 1.807) is 0 Å². The molecule has 0 radical (unpaired) electrons. The van der Waals surface area contributed by atoms with Crippen LogP contribution in [0, 0.1) is 0 Å². The van der Waals surface area contributed by atoms with Gasteiger partial charge in [0.05, 0.1) is 12.1 Å². The number of urea groups is 1. The summed E-state index contributed by atoms with van der Waals surface area (Å²) in [5, 5.41) is 1.28. The summed E-state index contributed by atoms with van der Waals surface area (Å²) in [7, 11) is 0. The van der Waals surface area contributed by atoms with E-state index in [-0.39, 0.29) is 18.1 Å². The van der Waals surface area contributed by atoms with Crippen LogP contribution in [0.25, 0.3) is 10.9 Å². The van der Waals surface area contributed by atoms with Crippen LogP contribution in [-0.4, -0.2) is 33.4 Å². The summed E-state index contributed by atoms with van der Waals surface area (Å²) in [6.45, 7) is 1.42. The minimum absolute atomic E-state index is 0.0828. The Morgan fingerprint density at radius 1 is 0.867 bits per heavy atom. The first-order chi connectivity index (χ1) is 14.8. The third-order valence-corrected chi connectivity index (χ3v) is 6.49. The highest BCUT2D eigenvalue weighted by Gasteiger charge is 2.47. The number of hydrogen-bond acceptors (Lipinski definition) is 1. The Balaban J connectivity index is 1.45. The van der Waals surface area contributed by atoms with Crippen molar-refractivity contribution in [3.05, 3.63) is 107 Å². The van der Waals surface area contributed by atoms with E-state index >= 15 is 0 Å². The van der Waals surface area contributed by atoms with Crippen LogP contribution in [0.5, 0.6) is 0 Å². The van der Waals surface area contributed by atoms with Gasteiger partial charge < -0.3 is 14.8 Å². The lowest BCUT2D eigenvalue weighted by Gasteiger charge is -2.37. The molecule has 2 atom stereocenters. The van der Waals surface area contributed by atoms with E-state index in [1.165, 1.54) is 16.5 Å². The maximum atomic E-state index is 13.6.